The molecule has 2 aliphatic rings. The topological polar surface area (TPSA) is 71.3 Å². The highest BCUT2D eigenvalue weighted by Crippen LogP contribution is 2.31. The van der Waals surface area contributed by atoms with E-state index in [2.05, 4.69) is 15.2 Å². The van der Waals surface area contributed by atoms with Crippen LogP contribution in [0, 0.1) is 17.0 Å². The molecule has 2 atom stereocenters. The van der Waals surface area contributed by atoms with Crippen molar-refractivity contribution in [2.45, 2.75) is 50.7 Å². The molecule has 0 aliphatic carbocycles. The van der Waals surface area contributed by atoms with Gasteiger partial charge in [-0.15, -0.1) is 0 Å². The van der Waals surface area contributed by atoms with Crippen LogP contribution in [0.25, 0.3) is 0 Å². The Balaban J connectivity index is 1.78. The zero-order chi connectivity index (χ0) is 14.3. The molecule has 0 aromatic carbocycles. The number of nitrogens with one attached hydrogen (secondary N) is 1. The van der Waals surface area contributed by atoms with Gasteiger partial charge in [-0.05, 0) is 38.7 Å². The van der Waals surface area contributed by atoms with E-state index in [-0.39, 0.29) is 10.6 Å². The highest BCUT2D eigenvalue weighted by atomic mass is 16.6. The van der Waals surface area contributed by atoms with Gasteiger partial charge in [0.2, 0.25) is 0 Å². The second-order valence-corrected chi connectivity index (χ2v) is 5.96. The number of pyridine rings is 1. The van der Waals surface area contributed by atoms with E-state index in [1.807, 2.05) is 13.1 Å². The summed E-state index contributed by atoms with van der Waals surface area (Å²) in [6, 6.07) is 3.55. The Morgan fingerprint density at radius 3 is 2.60 bits per heavy atom. The average Bonchev–Trinajstić information content (AvgIpc) is 2.76. The monoisotopic (exact) mass is 276 g/mol. The third-order valence-electron chi connectivity index (χ3n) is 4.62. The van der Waals surface area contributed by atoms with E-state index >= 15 is 0 Å². The molecule has 0 spiro atoms. The van der Waals surface area contributed by atoms with Gasteiger partial charge in [0, 0.05) is 30.7 Å². The van der Waals surface area contributed by atoms with Gasteiger partial charge in [-0.25, -0.2) is 4.98 Å². The molecule has 1 aromatic rings. The molecule has 0 amide bonds. The van der Waals surface area contributed by atoms with Crippen molar-refractivity contribution in [2.75, 3.05) is 11.9 Å². The minimum absolute atomic E-state index is 0.0903. The molecule has 2 saturated heterocycles. The molecule has 2 bridgehead atoms. The second kappa shape index (κ2) is 5.01. The fourth-order valence-electron chi connectivity index (χ4n) is 3.45. The molecule has 1 N–H and O–H groups in total. The number of nitrogens with zero attached hydrogens (tertiary/aromatic N) is 3. The number of hydrogen-bond acceptors (Lipinski definition) is 5. The predicted molar refractivity (Wildman–Crippen MR) is 77.0 cm³/mol. The van der Waals surface area contributed by atoms with Gasteiger partial charge in [-0.2, -0.15) is 0 Å². The molecule has 6 nitrogen and oxygen atoms in total. The van der Waals surface area contributed by atoms with Crippen molar-refractivity contribution in [3.05, 3.63) is 27.9 Å². The van der Waals surface area contributed by atoms with Crippen LogP contribution in [0.1, 0.15) is 31.2 Å². The zero-order valence-electron chi connectivity index (χ0n) is 11.9. The molecule has 0 saturated carbocycles. The summed E-state index contributed by atoms with van der Waals surface area (Å²) in [5, 5.41) is 14.5. The van der Waals surface area contributed by atoms with E-state index in [4.69, 9.17) is 0 Å². The molecule has 6 heteroatoms. The lowest BCUT2D eigenvalue weighted by Gasteiger charge is -2.36. The summed E-state index contributed by atoms with van der Waals surface area (Å²) >= 11 is 0. The van der Waals surface area contributed by atoms with Crippen LogP contribution in [0.5, 0.6) is 0 Å². The maximum Gasteiger partial charge on any atom is 0.290 e. The van der Waals surface area contributed by atoms with E-state index in [9.17, 15) is 10.1 Å². The maximum absolute atomic E-state index is 10.8. The van der Waals surface area contributed by atoms with Gasteiger partial charge in [-0.3, -0.25) is 10.1 Å². The lowest BCUT2D eigenvalue weighted by atomic mass is 9.98. The number of aryl methyl sites for hydroxylation is 1. The van der Waals surface area contributed by atoms with Crippen molar-refractivity contribution in [1.82, 2.24) is 10.3 Å². The number of hydrogen-bond donors (Lipinski definition) is 1. The molecule has 2 unspecified atom stereocenters. The quantitative estimate of drug-likeness (QED) is 0.675. The van der Waals surface area contributed by atoms with Crippen molar-refractivity contribution in [3.63, 3.8) is 0 Å². The molecular weight excluding hydrogens is 256 g/mol. The first-order chi connectivity index (χ1) is 9.54. The van der Waals surface area contributed by atoms with Crippen LogP contribution in [-0.4, -0.2) is 35.1 Å². The molecule has 3 heterocycles. The smallest absolute Gasteiger partial charge is 0.290 e. The van der Waals surface area contributed by atoms with E-state index in [0.29, 0.717) is 23.7 Å². The first-order valence-corrected chi connectivity index (χ1v) is 7.14. The lowest BCUT2D eigenvalue weighted by molar-refractivity contribution is -0.385. The minimum Gasteiger partial charge on any atom is -0.357 e. The summed E-state index contributed by atoms with van der Waals surface area (Å²) in [6.07, 6.45) is 6.16. The van der Waals surface area contributed by atoms with Crippen LogP contribution in [0.2, 0.25) is 0 Å². The zero-order valence-corrected chi connectivity index (χ0v) is 11.9. The van der Waals surface area contributed by atoms with Crippen LogP contribution >= 0.6 is 0 Å². The standard InChI is InChI=1S/C14H20N4O2/c1-9-5-14(15-8-13(9)18(19)20)17(2)12-6-10-3-4-11(7-12)16-10/h5,8,10-12,16H,3-4,6-7H2,1-2H3. The Kier molecular flexibility index (Phi) is 3.33. The van der Waals surface area contributed by atoms with Gasteiger partial charge in [0.05, 0.1) is 4.92 Å². The molecule has 20 heavy (non-hydrogen) atoms. The van der Waals surface area contributed by atoms with Crippen molar-refractivity contribution in [2.24, 2.45) is 0 Å². The molecule has 2 aliphatic heterocycles. The summed E-state index contributed by atoms with van der Waals surface area (Å²) in [4.78, 5) is 16.9. The van der Waals surface area contributed by atoms with Gasteiger partial charge in [0.25, 0.3) is 5.69 Å². The number of rotatable bonds is 3. The van der Waals surface area contributed by atoms with Crippen LogP contribution in [0.4, 0.5) is 11.5 Å². The van der Waals surface area contributed by atoms with Crippen molar-refractivity contribution < 1.29 is 4.92 Å². The fourth-order valence-corrected chi connectivity index (χ4v) is 3.45. The number of fused-ring (bicyclic) bond motifs is 2. The lowest BCUT2D eigenvalue weighted by Crippen LogP contribution is -2.47. The van der Waals surface area contributed by atoms with Crippen molar-refractivity contribution in [1.29, 1.82) is 0 Å². The summed E-state index contributed by atoms with van der Waals surface area (Å²) in [6.45, 7) is 1.77. The Hall–Kier alpha value is -1.69. The number of aromatic nitrogens is 1. The fraction of sp³-hybridized carbons (Fsp3) is 0.643. The number of piperidine rings is 1. The summed E-state index contributed by atoms with van der Waals surface area (Å²) < 4.78 is 0. The highest BCUT2D eigenvalue weighted by molar-refractivity contribution is 5.49. The Labute approximate surface area is 118 Å². The predicted octanol–water partition coefficient (Wildman–Crippen LogP) is 2.02. The van der Waals surface area contributed by atoms with Gasteiger partial charge < -0.3 is 10.2 Å². The van der Waals surface area contributed by atoms with Gasteiger partial charge in [-0.1, -0.05) is 0 Å². The average molecular weight is 276 g/mol. The van der Waals surface area contributed by atoms with Gasteiger partial charge in [0.1, 0.15) is 12.0 Å². The van der Waals surface area contributed by atoms with E-state index in [0.717, 1.165) is 18.7 Å². The molecule has 2 fully saturated rings. The second-order valence-electron chi connectivity index (χ2n) is 5.96. The highest BCUT2D eigenvalue weighted by Gasteiger charge is 2.35. The maximum atomic E-state index is 10.8. The van der Waals surface area contributed by atoms with E-state index in [1.54, 1.807) is 6.92 Å². The van der Waals surface area contributed by atoms with E-state index in [1.165, 1.54) is 19.0 Å². The Bertz CT molecular complexity index is 522. The van der Waals surface area contributed by atoms with Crippen molar-refractivity contribution in [3.8, 4) is 0 Å². The third-order valence-corrected chi connectivity index (χ3v) is 4.62. The molecule has 0 radical (unpaired) electrons. The number of nitro groups is 1. The SMILES string of the molecule is Cc1cc(N(C)C2CC3CCC(C2)N3)ncc1[N+](=O)[O-]. The summed E-state index contributed by atoms with van der Waals surface area (Å²) in [7, 11) is 2.04. The molecular formula is C14H20N4O2. The Morgan fingerprint density at radius 1 is 1.40 bits per heavy atom. The normalized spacial score (nSPS) is 28.4. The van der Waals surface area contributed by atoms with Crippen LogP contribution in [-0.2, 0) is 0 Å². The summed E-state index contributed by atoms with van der Waals surface area (Å²) in [5.74, 6) is 0.833. The first-order valence-electron chi connectivity index (χ1n) is 7.14. The van der Waals surface area contributed by atoms with Gasteiger partial charge in [0.15, 0.2) is 0 Å². The van der Waals surface area contributed by atoms with Crippen LogP contribution < -0.4 is 10.2 Å². The molecule has 3 rings (SSSR count). The Morgan fingerprint density at radius 2 is 2.05 bits per heavy atom. The molecule has 1 aromatic heterocycles. The number of anilines is 1. The van der Waals surface area contributed by atoms with Gasteiger partial charge >= 0.3 is 0 Å². The summed E-state index contributed by atoms with van der Waals surface area (Å²) in [5.41, 5.74) is 0.760. The van der Waals surface area contributed by atoms with Crippen LogP contribution in [0.3, 0.4) is 0 Å². The third kappa shape index (κ3) is 2.35. The van der Waals surface area contributed by atoms with Crippen LogP contribution in [0.15, 0.2) is 12.3 Å². The molecule has 108 valence electrons. The van der Waals surface area contributed by atoms with E-state index < -0.39 is 0 Å². The largest absolute Gasteiger partial charge is 0.357 e. The van der Waals surface area contributed by atoms with Crippen molar-refractivity contribution >= 4 is 11.5 Å². The minimum atomic E-state index is -0.378. The first kappa shape index (κ1) is 13.3.